The molecule has 1 fully saturated rings. The van der Waals surface area contributed by atoms with Crippen LogP contribution in [0.1, 0.15) is 41.6 Å². The summed E-state index contributed by atoms with van der Waals surface area (Å²) in [7, 11) is -3.42. The normalized spacial score (nSPS) is 15.9. The number of carbonyl (C=O) groups excluding carboxylic acids is 1. The standard InChI is InChI=1S/C20H25N3O3S/c24-20(18-6-5-12-21-16-18)22-13-11-17-7-9-19(10-8-17)27(25,26)23-14-3-1-2-4-15-23/h5-10,12,16H,1-4,11,13-15H2,(H,22,24). The molecule has 1 aliphatic heterocycles. The molecule has 0 atom stereocenters. The fraction of sp³-hybridized carbons (Fsp3) is 0.400. The van der Waals surface area contributed by atoms with Gasteiger partial charge in [-0.3, -0.25) is 9.78 Å². The zero-order valence-corrected chi connectivity index (χ0v) is 16.1. The number of sulfonamides is 1. The van der Waals surface area contributed by atoms with E-state index in [4.69, 9.17) is 0 Å². The fourth-order valence-electron chi connectivity index (χ4n) is 3.18. The van der Waals surface area contributed by atoms with Crippen molar-refractivity contribution >= 4 is 15.9 Å². The maximum atomic E-state index is 12.8. The van der Waals surface area contributed by atoms with Crippen molar-refractivity contribution in [1.82, 2.24) is 14.6 Å². The summed E-state index contributed by atoms with van der Waals surface area (Å²) in [4.78, 5) is 16.3. The van der Waals surface area contributed by atoms with E-state index in [-0.39, 0.29) is 5.91 Å². The third kappa shape index (κ3) is 5.14. The topological polar surface area (TPSA) is 79.4 Å². The molecule has 0 saturated carbocycles. The summed E-state index contributed by atoms with van der Waals surface area (Å²) in [6, 6.07) is 10.4. The first-order chi connectivity index (χ1) is 13.1. The molecule has 1 aliphatic rings. The number of rotatable bonds is 6. The summed E-state index contributed by atoms with van der Waals surface area (Å²) in [5.74, 6) is -0.163. The van der Waals surface area contributed by atoms with Crippen molar-refractivity contribution < 1.29 is 13.2 Å². The van der Waals surface area contributed by atoms with Gasteiger partial charge < -0.3 is 5.32 Å². The lowest BCUT2D eigenvalue weighted by Crippen LogP contribution is -2.31. The second kappa shape index (κ2) is 9.10. The molecule has 0 aliphatic carbocycles. The Morgan fingerprint density at radius 2 is 1.74 bits per heavy atom. The lowest BCUT2D eigenvalue weighted by molar-refractivity contribution is 0.0953. The predicted octanol–water partition coefficient (Wildman–Crippen LogP) is 2.62. The molecule has 2 heterocycles. The van der Waals surface area contributed by atoms with Gasteiger partial charge in [-0.05, 0) is 49.1 Å². The Kier molecular flexibility index (Phi) is 6.58. The third-order valence-corrected chi connectivity index (χ3v) is 6.66. The van der Waals surface area contributed by atoms with Crippen LogP contribution < -0.4 is 5.32 Å². The van der Waals surface area contributed by atoms with E-state index >= 15 is 0 Å². The van der Waals surface area contributed by atoms with E-state index in [0.29, 0.717) is 36.5 Å². The minimum atomic E-state index is -3.42. The zero-order valence-electron chi connectivity index (χ0n) is 15.3. The molecule has 144 valence electrons. The first kappa shape index (κ1) is 19.5. The highest BCUT2D eigenvalue weighted by Crippen LogP contribution is 2.20. The molecule has 1 aromatic heterocycles. The summed E-state index contributed by atoms with van der Waals surface area (Å²) in [6.07, 6.45) is 7.82. The highest BCUT2D eigenvalue weighted by atomic mass is 32.2. The number of aromatic nitrogens is 1. The zero-order chi connectivity index (χ0) is 19.1. The van der Waals surface area contributed by atoms with Crippen molar-refractivity contribution in [3.05, 3.63) is 59.9 Å². The monoisotopic (exact) mass is 387 g/mol. The van der Waals surface area contributed by atoms with Crippen LogP contribution in [0.15, 0.2) is 53.7 Å². The van der Waals surface area contributed by atoms with Gasteiger partial charge in [-0.15, -0.1) is 0 Å². The van der Waals surface area contributed by atoms with E-state index in [0.717, 1.165) is 31.2 Å². The smallest absolute Gasteiger partial charge is 0.252 e. The molecule has 7 heteroatoms. The quantitative estimate of drug-likeness (QED) is 0.826. The van der Waals surface area contributed by atoms with E-state index in [9.17, 15) is 13.2 Å². The Morgan fingerprint density at radius 1 is 1.04 bits per heavy atom. The van der Waals surface area contributed by atoms with Gasteiger partial charge in [0.15, 0.2) is 0 Å². The summed E-state index contributed by atoms with van der Waals surface area (Å²) in [6.45, 7) is 1.68. The van der Waals surface area contributed by atoms with Gasteiger partial charge in [-0.25, -0.2) is 8.42 Å². The van der Waals surface area contributed by atoms with Crippen LogP contribution in [-0.4, -0.2) is 43.2 Å². The number of benzene rings is 1. The van der Waals surface area contributed by atoms with E-state index in [1.54, 1.807) is 34.8 Å². The van der Waals surface area contributed by atoms with Crippen molar-refractivity contribution in [3.63, 3.8) is 0 Å². The number of nitrogens with one attached hydrogen (secondary N) is 1. The van der Waals surface area contributed by atoms with E-state index in [1.165, 1.54) is 6.20 Å². The predicted molar refractivity (Wildman–Crippen MR) is 104 cm³/mol. The average Bonchev–Trinajstić information content (AvgIpc) is 2.99. The first-order valence-electron chi connectivity index (χ1n) is 9.35. The van der Waals surface area contributed by atoms with Gasteiger partial charge in [-0.1, -0.05) is 25.0 Å². The van der Waals surface area contributed by atoms with Crippen LogP contribution in [0, 0.1) is 0 Å². The van der Waals surface area contributed by atoms with E-state index in [1.807, 2.05) is 12.1 Å². The number of carbonyl (C=O) groups is 1. The van der Waals surface area contributed by atoms with Gasteiger partial charge in [-0.2, -0.15) is 4.31 Å². The molecule has 27 heavy (non-hydrogen) atoms. The van der Waals surface area contributed by atoms with Crippen LogP contribution in [0.4, 0.5) is 0 Å². The molecule has 1 saturated heterocycles. The number of hydrogen-bond donors (Lipinski definition) is 1. The average molecular weight is 388 g/mol. The van der Waals surface area contributed by atoms with Gasteiger partial charge in [0.1, 0.15) is 0 Å². The number of hydrogen-bond acceptors (Lipinski definition) is 4. The number of amides is 1. The number of pyridine rings is 1. The van der Waals surface area contributed by atoms with Crippen LogP contribution in [-0.2, 0) is 16.4 Å². The van der Waals surface area contributed by atoms with Crippen LogP contribution in [0.2, 0.25) is 0 Å². The van der Waals surface area contributed by atoms with Crippen molar-refractivity contribution in [2.24, 2.45) is 0 Å². The Hall–Kier alpha value is -2.25. The van der Waals surface area contributed by atoms with Crippen molar-refractivity contribution in [3.8, 4) is 0 Å². The highest BCUT2D eigenvalue weighted by Gasteiger charge is 2.24. The molecular weight excluding hydrogens is 362 g/mol. The van der Waals surface area contributed by atoms with Gasteiger partial charge in [0, 0.05) is 32.0 Å². The Labute approximate surface area is 160 Å². The van der Waals surface area contributed by atoms with Crippen molar-refractivity contribution in [2.75, 3.05) is 19.6 Å². The molecule has 0 radical (unpaired) electrons. The first-order valence-corrected chi connectivity index (χ1v) is 10.8. The van der Waals surface area contributed by atoms with E-state index in [2.05, 4.69) is 10.3 Å². The van der Waals surface area contributed by atoms with Gasteiger partial charge in [0.25, 0.3) is 5.91 Å². The highest BCUT2D eigenvalue weighted by molar-refractivity contribution is 7.89. The Morgan fingerprint density at radius 3 is 2.37 bits per heavy atom. The molecule has 0 unspecified atom stereocenters. The van der Waals surface area contributed by atoms with Crippen molar-refractivity contribution in [1.29, 1.82) is 0 Å². The molecule has 1 amide bonds. The summed E-state index contributed by atoms with van der Waals surface area (Å²) in [5, 5.41) is 2.85. The molecule has 0 spiro atoms. The van der Waals surface area contributed by atoms with Crippen LogP contribution in [0.25, 0.3) is 0 Å². The second-order valence-electron chi connectivity index (χ2n) is 6.71. The largest absolute Gasteiger partial charge is 0.352 e. The Bertz CT molecular complexity index is 844. The van der Waals surface area contributed by atoms with Gasteiger partial charge >= 0.3 is 0 Å². The molecule has 0 bridgehead atoms. The Balaban J connectivity index is 1.56. The summed E-state index contributed by atoms with van der Waals surface area (Å²) in [5.41, 5.74) is 1.51. The molecule has 6 nitrogen and oxygen atoms in total. The second-order valence-corrected chi connectivity index (χ2v) is 8.65. The molecule has 1 aromatic carbocycles. The third-order valence-electron chi connectivity index (χ3n) is 4.75. The minimum Gasteiger partial charge on any atom is -0.352 e. The number of nitrogens with zero attached hydrogens (tertiary/aromatic N) is 2. The molecule has 1 N–H and O–H groups in total. The van der Waals surface area contributed by atoms with Crippen LogP contribution in [0.5, 0.6) is 0 Å². The van der Waals surface area contributed by atoms with Crippen molar-refractivity contribution in [2.45, 2.75) is 37.0 Å². The molecule has 2 aromatic rings. The summed E-state index contributed by atoms with van der Waals surface area (Å²) >= 11 is 0. The van der Waals surface area contributed by atoms with Gasteiger partial charge in [0.2, 0.25) is 10.0 Å². The maximum Gasteiger partial charge on any atom is 0.252 e. The fourth-order valence-corrected chi connectivity index (χ4v) is 4.70. The SMILES string of the molecule is O=C(NCCc1ccc(S(=O)(=O)N2CCCCCC2)cc1)c1cccnc1. The van der Waals surface area contributed by atoms with Gasteiger partial charge in [0.05, 0.1) is 10.5 Å². The maximum absolute atomic E-state index is 12.8. The summed E-state index contributed by atoms with van der Waals surface area (Å²) < 4.78 is 27.1. The minimum absolute atomic E-state index is 0.163. The lowest BCUT2D eigenvalue weighted by Gasteiger charge is -2.20. The van der Waals surface area contributed by atoms with Crippen LogP contribution >= 0.6 is 0 Å². The van der Waals surface area contributed by atoms with E-state index < -0.39 is 10.0 Å². The van der Waals surface area contributed by atoms with Crippen LogP contribution in [0.3, 0.4) is 0 Å². The lowest BCUT2D eigenvalue weighted by atomic mass is 10.1. The molecule has 3 rings (SSSR count). The molecular formula is C20H25N3O3S.